The largest absolute Gasteiger partial charge is 0.368 e. The third-order valence-corrected chi connectivity index (χ3v) is 3.37. The van der Waals surface area contributed by atoms with E-state index in [4.69, 9.17) is 5.73 Å². The Morgan fingerprint density at radius 1 is 1.33 bits per heavy atom. The van der Waals surface area contributed by atoms with Gasteiger partial charge in [0.05, 0.1) is 10.5 Å². The van der Waals surface area contributed by atoms with Crippen LogP contribution in [-0.2, 0) is 6.54 Å². The maximum atomic E-state index is 11.0. The van der Waals surface area contributed by atoms with Crippen LogP contribution in [0.25, 0.3) is 0 Å². The van der Waals surface area contributed by atoms with Gasteiger partial charge in [0, 0.05) is 44.5 Å². The highest BCUT2D eigenvalue weighted by Crippen LogP contribution is 2.29. The molecule has 0 amide bonds. The van der Waals surface area contributed by atoms with Crippen LogP contribution in [0.5, 0.6) is 0 Å². The molecule has 6 nitrogen and oxygen atoms in total. The zero-order chi connectivity index (χ0) is 13.1. The van der Waals surface area contributed by atoms with Crippen LogP contribution in [-0.4, -0.2) is 43.0 Å². The average molecular weight is 250 g/mol. The predicted octanol–water partition coefficient (Wildman–Crippen LogP) is 0.805. The molecule has 0 radical (unpaired) electrons. The van der Waals surface area contributed by atoms with E-state index in [1.54, 1.807) is 6.07 Å². The van der Waals surface area contributed by atoms with Crippen LogP contribution >= 0.6 is 0 Å². The monoisotopic (exact) mass is 250 g/mol. The fourth-order valence-electron chi connectivity index (χ4n) is 2.29. The summed E-state index contributed by atoms with van der Waals surface area (Å²) in [5.74, 6) is 0. The highest BCUT2D eigenvalue weighted by Gasteiger charge is 2.22. The molecule has 1 fully saturated rings. The van der Waals surface area contributed by atoms with E-state index >= 15 is 0 Å². The van der Waals surface area contributed by atoms with Gasteiger partial charge in [-0.3, -0.25) is 10.1 Å². The highest BCUT2D eigenvalue weighted by atomic mass is 16.6. The molecule has 18 heavy (non-hydrogen) atoms. The molecule has 98 valence electrons. The Balaban J connectivity index is 2.32. The number of likely N-dealkylation sites (N-methyl/N-ethyl adjacent to an activating group) is 1. The van der Waals surface area contributed by atoms with Crippen LogP contribution in [0.15, 0.2) is 18.2 Å². The minimum Gasteiger partial charge on any atom is -0.368 e. The molecule has 0 unspecified atom stereocenters. The summed E-state index contributed by atoms with van der Waals surface area (Å²) < 4.78 is 0. The van der Waals surface area contributed by atoms with Gasteiger partial charge >= 0.3 is 0 Å². The molecule has 2 N–H and O–H groups in total. The molecule has 0 saturated carbocycles. The summed E-state index contributed by atoms with van der Waals surface area (Å²) >= 11 is 0. The fourth-order valence-corrected chi connectivity index (χ4v) is 2.29. The van der Waals surface area contributed by atoms with Gasteiger partial charge in [-0.2, -0.15) is 0 Å². The van der Waals surface area contributed by atoms with E-state index in [-0.39, 0.29) is 17.2 Å². The second-order valence-electron chi connectivity index (χ2n) is 4.53. The van der Waals surface area contributed by atoms with Crippen molar-refractivity contribution in [1.29, 1.82) is 0 Å². The molecule has 1 heterocycles. The Hall–Kier alpha value is -1.66. The van der Waals surface area contributed by atoms with Gasteiger partial charge < -0.3 is 15.5 Å². The van der Waals surface area contributed by atoms with Crippen LogP contribution in [0.4, 0.5) is 11.4 Å². The molecule has 6 heteroatoms. The van der Waals surface area contributed by atoms with Crippen molar-refractivity contribution in [3.8, 4) is 0 Å². The number of hydrogen-bond donors (Lipinski definition) is 1. The van der Waals surface area contributed by atoms with Gasteiger partial charge in [-0.25, -0.2) is 0 Å². The van der Waals surface area contributed by atoms with Crippen molar-refractivity contribution in [3.63, 3.8) is 0 Å². The van der Waals surface area contributed by atoms with Crippen molar-refractivity contribution >= 4 is 11.4 Å². The van der Waals surface area contributed by atoms with Gasteiger partial charge in [0.2, 0.25) is 0 Å². The molecular weight excluding hydrogens is 232 g/mol. The van der Waals surface area contributed by atoms with Crippen molar-refractivity contribution in [1.82, 2.24) is 4.90 Å². The van der Waals surface area contributed by atoms with Gasteiger partial charge in [-0.05, 0) is 13.1 Å². The SMILES string of the molecule is CN1CCN(c2cccc([N+](=O)[O-])c2CN)CC1. The summed E-state index contributed by atoms with van der Waals surface area (Å²) in [5.41, 5.74) is 7.34. The lowest BCUT2D eigenvalue weighted by molar-refractivity contribution is -0.385. The molecule has 0 bridgehead atoms. The van der Waals surface area contributed by atoms with E-state index < -0.39 is 0 Å². The van der Waals surface area contributed by atoms with Gasteiger partial charge in [0.15, 0.2) is 0 Å². The topological polar surface area (TPSA) is 75.6 Å². The molecule has 1 aromatic rings. The van der Waals surface area contributed by atoms with Crippen LogP contribution in [0.3, 0.4) is 0 Å². The van der Waals surface area contributed by atoms with Crippen molar-refractivity contribution < 1.29 is 4.92 Å². The number of hydrogen-bond acceptors (Lipinski definition) is 5. The summed E-state index contributed by atoms with van der Waals surface area (Å²) in [6, 6.07) is 5.16. The van der Waals surface area contributed by atoms with E-state index in [2.05, 4.69) is 16.8 Å². The lowest BCUT2D eigenvalue weighted by Gasteiger charge is -2.34. The first-order chi connectivity index (χ1) is 8.63. The number of nitrogens with zero attached hydrogens (tertiary/aromatic N) is 3. The third kappa shape index (κ3) is 2.44. The van der Waals surface area contributed by atoms with Crippen molar-refractivity contribution in [2.45, 2.75) is 6.54 Å². The quantitative estimate of drug-likeness (QED) is 0.634. The summed E-state index contributed by atoms with van der Waals surface area (Å²) in [7, 11) is 2.08. The molecule has 1 aliphatic rings. The predicted molar refractivity (Wildman–Crippen MR) is 70.7 cm³/mol. The molecule has 1 saturated heterocycles. The summed E-state index contributed by atoms with van der Waals surface area (Å²) in [6.45, 7) is 3.88. The van der Waals surface area contributed by atoms with Gasteiger partial charge in [-0.15, -0.1) is 0 Å². The highest BCUT2D eigenvalue weighted by molar-refractivity contribution is 5.62. The van der Waals surface area contributed by atoms with E-state index in [9.17, 15) is 10.1 Å². The second kappa shape index (κ2) is 5.32. The van der Waals surface area contributed by atoms with E-state index in [0.717, 1.165) is 31.9 Å². The number of nitro benzene ring substituents is 1. The molecule has 1 aliphatic heterocycles. The number of nitro groups is 1. The Bertz CT molecular complexity index is 442. The molecular formula is C12H18N4O2. The Morgan fingerprint density at radius 2 is 2.00 bits per heavy atom. The Morgan fingerprint density at radius 3 is 2.56 bits per heavy atom. The lowest BCUT2D eigenvalue weighted by Crippen LogP contribution is -2.44. The molecule has 0 aromatic heterocycles. The minimum atomic E-state index is -0.359. The zero-order valence-electron chi connectivity index (χ0n) is 10.5. The third-order valence-electron chi connectivity index (χ3n) is 3.37. The van der Waals surface area contributed by atoms with E-state index in [1.165, 1.54) is 6.07 Å². The summed E-state index contributed by atoms with van der Waals surface area (Å²) in [4.78, 5) is 15.1. The molecule has 2 rings (SSSR count). The van der Waals surface area contributed by atoms with Gasteiger partial charge in [0.1, 0.15) is 0 Å². The van der Waals surface area contributed by atoms with Crippen LogP contribution in [0.1, 0.15) is 5.56 Å². The van der Waals surface area contributed by atoms with Gasteiger partial charge in [0.25, 0.3) is 5.69 Å². The standard InChI is InChI=1S/C12H18N4O2/c1-14-5-7-15(8-6-14)11-3-2-4-12(16(17)18)10(11)9-13/h2-4H,5-9,13H2,1H3. The lowest BCUT2D eigenvalue weighted by atomic mass is 10.1. The number of nitrogens with two attached hydrogens (primary N) is 1. The van der Waals surface area contributed by atoms with Crippen molar-refractivity contribution in [3.05, 3.63) is 33.9 Å². The van der Waals surface area contributed by atoms with Gasteiger partial charge in [-0.1, -0.05) is 6.07 Å². The smallest absolute Gasteiger partial charge is 0.275 e. The Kier molecular flexibility index (Phi) is 3.78. The second-order valence-corrected chi connectivity index (χ2v) is 4.53. The maximum Gasteiger partial charge on any atom is 0.275 e. The number of piperazine rings is 1. The van der Waals surface area contributed by atoms with Crippen molar-refractivity contribution in [2.75, 3.05) is 38.1 Å². The van der Waals surface area contributed by atoms with E-state index in [1.807, 2.05) is 6.07 Å². The number of rotatable bonds is 3. The molecule has 1 aromatic carbocycles. The maximum absolute atomic E-state index is 11.0. The summed E-state index contributed by atoms with van der Waals surface area (Å²) in [5, 5.41) is 11.0. The minimum absolute atomic E-state index is 0.119. The summed E-state index contributed by atoms with van der Waals surface area (Å²) in [6.07, 6.45) is 0. The van der Waals surface area contributed by atoms with Crippen LogP contribution in [0.2, 0.25) is 0 Å². The first-order valence-electron chi connectivity index (χ1n) is 6.03. The van der Waals surface area contributed by atoms with Crippen LogP contribution in [0, 0.1) is 10.1 Å². The fraction of sp³-hybridized carbons (Fsp3) is 0.500. The Labute approximate surface area is 106 Å². The number of benzene rings is 1. The molecule has 0 spiro atoms. The first kappa shape index (κ1) is 12.8. The van der Waals surface area contributed by atoms with Crippen molar-refractivity contribution in [2.24, 2.45) is 5.73 Å². The zero-order valence-corrected chi connectivity index (χ0v) is 10.5. The molecule has 0 atom stereocenters. The van der Waals surface area contributed by atoms with Crippen LogP contribution < -0.4 is 10.6 Å². The van der Waals surface area contributed by atoms with E-state index in [0.29, 0.717) is 5.56 Å². The first-order valence-corrected chi connectivity index (χ1v) is 6.03. The normalized spacial score (nSPS) is 16.9. The number of anilines is 1. The molecule has 0 aliphatic carbocycles. The average Bonchev–Trinajstić information content (AvgIpc) is 2.38.